The van der Waals surface area contributed by atoms with E-state index in [0.717, 1.165) is 49.0 Å². The lowest BCUT2D eigenvalue weighted by Crippen LogP contribution is -2.48. The lowest BCUT2D eigenvalue weighted by molar-refractivity contribution is -0.137. The van der Waals surface area contributed by atoms with Crippen LogP contribution in [0, 0.1) is 0 Å². The van der Waals surface area contributed by atoms with Crippen molar-refractivity contribution in [2.75, 3.05) is 81.3 Å². The number of ether oxygens (including phenoxy) is 2. The molecule has 2 fully saturated rings. The standard InChI is InChI=1S/C36H38F3N9O5.H2/c1-3-31(49)47-8-4-5-24-18-25(6-7-28(24)47)34(50)46-11-9-44(10-12-46)21-23-17-29-33(45-13-15-53-16-14-45)42-32(43-48(29)22-23)26-20-40-30(41-35(51)52-2)19-27(26)36(37,38)39;/h3,6-7,17-20,22H,1,4-5,8-16,21H2,2H3,(H,40,41,51);1H. The number of carbonyl (C=O) groups is 3. The molecule has 1 N–H and O–H groups in total. The number of nitrogens with one attached hydrogen (secondary N) is 1. The second kappa shape index (κ2) is 14.8. The molecule has 3 amide bonds. The molecule has 0 atom stereocenters. The third kappa shape index (κ3) is 7.52. The zero-order chi connectivity index (χ0) is 37.3. The zero-order valence-electron chi connectivity index (χ0n) is 29.1. The van der Waals surface area contributed by atoms with Gasteiger partial charge in [0, 0.05) is 77.4 Å². The van der Waals surface area contributed by atoms with Crippen molar-refractivity contribution in [1.82, 2.24) is 29.4 Å². The van der Waals surface area contributed by atoms with Gasteiger partial charge in [0.25, 0.3) is 5.91 Å². The molecule has 1 aromatic carbocycles. The minimum absolute atomic E-state index is 0. The molecule has 2 saturated heterocycles. The summed E-state index contributed by atoms with van der Waals surface area (Å²) in [5.41, 5.74) is 2.48. The fraction of sp³-hybridized carbons (Fsp3) is 0.389. The van der Waals surface area contributed by atoms with Crippen LogP contribution in [0.5, 0.6) is 0 Å². The lowest BCUT2D eigenvalue weighted by atomic mass is 9.98. The summed E-state index contributed by atoms with van der Waals surface area (Å²) < 4.78 is 54.6. The lowest BCUT2D eigenvalue weighted by Gasteiger charge is -2.35. The fourth-order valence-electron chi connectivity index (χ4n) is 6.96. The number of piperazine rings is 1. The predicted molar refractivity (Wildman–Crippen MR) is 191 cm³/mol. The summed E-state index contributed by atoms with van der Waals surface area (Å²) in [7, 11) is 1.10. The molecule has 0 spiro atoms. The van der Waals surface area contributed by atoms with Crippen molar-refractivity contribution in [2.24, 2.45) is 0 Å². The van der Waals surface area contributed by atoms with Crippen LogP contribution in [0.3, 0.4) is 0 Å². The number of halogens is 3. The molecule has 280 valence electrons. The number of amides is 3. The molecule has 0 aliphatic carbocycles. The number of aryl methyl sites for hydroxylation is 1. The third-order valence-electron chi connectivity index (χ3n) is 9.63. The Balaban J connectivity index is 0.00000497. The van der Waals surface area contributed by atoms with Crippen LogP contribution in [0.4, 0.5) is 35.3 Å². The highest BCUT2D eigenvalue weighted by Gasteiger charge is 2.36. The average Bonchev–Trinajstić information content (AvgIpc) is 3.59. The van der Waals surface area contributed by atoms with Crippen molar-refractivity contribution < 1.29 is 38.5 Å². The first kappa shape index (κ1) is 35.8. The Labute approximate surface area is 304 Å². The number of pyridine rings is 1. The monoisotopic (exact) mass is 735 g/mol. The Morgan fingerprint density at radius 3 is 2.55 bits per heavy atom. The Kier molecular flexibility index (Phi) is 10.0. The van der Waals surface area contributed by atoms with E-state index in [0.29, 0.717) is 82.5 Å². The van der Waals surface area contributed by atoms with Gasteiger partial charge in [-0.2, -0.15) is 13.2 Å². The van der Waals surface area contributed by atoms with Crippen LogP contribution in [0.1, 0.15) is 34.9 Å². The Bertz CT molecular complexity index is 2060. The van der Waals surface area contributed by atoms with Gasteiger partial charge in [-0.05, 0) is 60.4 Å². The number of morpholine rings is 1. The first-order valence-corrected chi connectivity index (χ1v) is 17.3. The number of anilines is 3. The highest BCUT2D eigenvalue weighted by molar-refractivity contribution is 6.02. The highest BCUT2D eigenvalue weighted by atomic mass is 19.4. The molecule has 14 nitrogen and oxygen atoms in total. The smallest absolute Gasteiger partial charge is 0.417 e. The van der Waals surface area contributed by atoms with Gasteiger partial charge in [0.2, 0.25) is 5.91 Å². The van der Waals surface area contributed by atoms with Gasteiger partial charge in [-0.1, -0.05) is 6.58 Å². The zero-order valence-corrected chi connectivity index (χ0v) is 29.1. The maximum absolute atomic E-state index is 14.4. The molecule has 3 aliphatic rings. The van der Waals surface area contributed by atoms with Crippen molar-refractivity contribution >= 4 is 40.7 Å². The summed E-state index contributed by atoms with van der Waals surface area (Å²) in [5.74, 6) is -0.264. The van der Waals surface area contributed by atoms with Gasteiger partial charge in [-0.15, -0.1) is 5.10 Å². The van der Waals surface area contributed by atoms with Gasteiger partial charge < -0.3 is 24.2 Å². The van der Waals surface area contributed by atoms with E-state index in [2.05, 4.69) is 36.6 Å². The van der Waals surface area contributed by atoms with Gasteiger partial charge in [-0.25, -0.2) is 19.3 Å². The first-order chi connectivity index (χ1) is 25.5. The van der Waals surface area contributed by atoms with Gasteiger partial charge in [-0.3, -0.25) is 19.8 Å². The number of alkyl halides is 3. The predicted octanol–water partition coefficient (Wildman–Crippen LogP) is 4.49. The molecule has 7 rings (SSSR count). The van der Waals surface area contributed by atoms with E-state index < -0.39 is 17.8 Å². The van der Waals surface area contributed by atoms with Crippen LogP contribution in [-0.4, -0.2) is 113 Å². The van der Waals surface area contributed by atoms with Crippen LogP contribution in [0.15, 0.2) is 55.4 Å². The van der Waals surface area contributed by atoms with E-state index in [1.54, 1.807) is 21.7 Å². The fourth-order valence-corrected chi connectivity index (χ4v) is 6.96. The summed E-state index contributed by atoms with van der Waals surface area (Å²) in [6, 6.07) is 8.17. The largest absolute Gasteiger partial charge is 0.453 e. The molecule has 3 aliphatic heterocycles. The minimum Gasteiger partial charge on any atom is -0.453 e. The Morgan fingerprint density at radius 1 is 1.06 bits per heavy atom. The summed E-state index contributed by atoms with van der Waals surface area (Å²) >= 11 is 0. The maximum atomic E-state index is 14.4. The van der Waals surface area contributed by atoms with Crippen molar-refractivity contribution in [3.63, 3.8) is 0 Å². The molecular formula is C36H40F3N9O5. The molecule has 0 unspecified atom stereocenters. The number of rotatable bonds is 7. The normalized spacial score (nSPS) is 16.7. The van der Waals surface area contributed by atoms with Crippen LogP contribution < -0.4 is 15.1 Å². The number of fused-ring (bicyclic) bond motifs is 2. The quantitative estimate of drug-likeness (QED) is 0.270. The van der Waals surface area contributed by atoms with Crippen molar-refractivity contribution in [3.05, 3.63) is 77.6 Å². The van der Waals surface area contributed by atoms with Gasteiger partial charge in [0.15, 0.2) is 11.6 Å². The van der Waals surface area contributed by atoms with E-state index in [-0.39, 0.29) is 30.4 Å². The third-order valence-corrected chi connectivity index (χ3v) is 9.63. The molecule has 0 bridgehead atoms. The number of methoxy groups -OCH3 is 1. The van der Waals surface area contributed by atoms with Gasteiger partial charge in [0.1, 0.15) is 11.3 Å². The molecule has 4 aromatic rings. The Hall–Kier alpha value is -5.55. The molecule has 0 saturated carbocycles. The second-order valence-electron chi connectivity index (χ2n) is 13.0. The summed E-state index contributed by atoms with van der Waals surface area (Å²) in [5, 5.41) is 6.68. The average molecular weight is 736 g/mol. The van der Waals surface area contributed by atoms with E-state index in [1.165, 1.54) is 6.08 Å². The number of aromatic nitrogens is 4. The maximum Gasteiger partial charge on any atom is 0.417 e. The number of benzene rings is 1. The van der Waals surface area contributed by atoms with Crippen LogP contribution in [-0.2, 0) is 33.4 Å². The highest BCUT2D eigenvalue weighted by Crippen LogP contribution is 2.38. The van der Waals surface area contributed by atoms with E-state index >= 15 is 0 Å². The topological polar surface area (TPSA) is 138 Å². The molecule has 53 heavy (non-hydrogen) atoms. The molecule has 17 heteroatoms. The van der Waals surface area contributed by atoms with Crippen LogP contribution >= 0.6 is 0 Å². The van der Waals surface area contributed by atoms with Crippen molar-refractivity contribution in [3.8, 4) is 11.4 Å². The SMILES string of the molecule is C=CC(=O)N1CCCc2cc(C(=O)N3CCN(Cc4cc5c(N6CCOCC6)nc(-c6cnc(NC(=O)OC)cc6C(F)(F)F)nn5c4)CC3)ccc21.[HH]. The van der Waals surface area contributed by atoms with Crippen LogP contribution in [0.25, 0.3) is 16.9 Å². The number of carbonyl (C=O) groups excluding carboxylic acids is 3. The molecule has 6 heterocycles. The van der Waals surface area contributed by atoms with Crippen molar-refractivity contribution in [1.29, 1.82) is 0 Å². The number of hydrogen-bond acceptors (Lipinski definition) is 10. The second-order valence-corrected chi connectivity index (χ2v) is 13.0. The van der Waals surface area contributed by atoms with Gasteiger partial charge >= 0.3 is 12.3 Å². The van der Waals surface area contributed by atoms with E-state index in [9.17, 15) is 27.6 Å². The summed E-state index contributed by atoms with van der Waals surface area (Å²) in [6.45, 7) is 8.86. The van der Waals surface area contributed by atoms with Gasteiger partial charge in [0.05, 0.1) is 31.5 Å². The van der Waals surface area contributed by atoms with Crippen LogP contribution in [0.2, 0.25) is 0 Å². The summed E-state index contributed by atoms with van der Waals surface area (Å²) in [6.07, 6.45) is -0.0808. The van der Waals surface area contributed by atoms with E-state index in [1.807, 2.05) is 28.0 Å². The number of nitrogens with zero attached hydrogens (tertiary/aromatic N) is 8. The number of hydrogen-bond donors (Lipinski definition) is 1. The minimum atomic E-state index is -4.80. The van der Waals surface area contributed by atoms with Crippen molar-refractivity contribution in [2.45, 2.75) is 25.6 Å². The summed E-state index contributed by atoms with van der Waals surface area (Å²) in [4.78, 5) is 53.8. The molecular weight excluding hydrogens is 695 g/mol. The molecule has 3 aromatic heterocycles. The molecule has 0 radical (unpaired) electrons. The first-order valence-electron chi connectivity index (χ1n) is 17.3. The van der Waals surface area contributed by atoms with E-state index in [4.69, 9.17) is 4.74 Å². The Morgan fingerprint density at radius 2 is 1.83 bits per heavy atom.